The monoisotopic (exact) mass is 223 g/mol. The van der Waals surface area contributed by atoms with Crippen LogP contribution in [0.1, 0.15) is 18.1 Å². The van der Waals surface area contributed by atoms with Crippen molar-refractivity contribution in [2.24, 2.45) is 0 Å². The van der Waals surface area contributed by atoms with E-state index in [4.69, 9.17) is 32.0 Å². The fourth-order valence-electron chi connectivity index (χ4n) is 0.588. The quantitative estimate of drug-likeness (QED) is 0.673. The van der Waals surface area contributed by atoms with Crippen LogP contribution in [0.5, 0.6) is 0 Å². The van der Waals surface area contributed by atoms with Gasteiger partial charge in [-0.15, -0.1) is 0 Å². The minimum Gasteiger partial charge on any atom is -0.481 e. The van der Waals surface area contributed by atoms with Gasteiger partial charge in [0.1, 0.15) is 17.3 Å². The van der Waals surface area contributed by atoms with E-state index in [0.29, 0.717) is 5.56 Å². The van der Waals surface area contributed by atoms with Gasteiger partial charge in [0.05, 0.1) is 11.1 Å². The van der Waals surface area contributed by atoms with Gasteiger partial charge in [0.25, 0.3) is 5.97 Å². The summed E-state index contributed by atoms with van der Waals surface area (Å²) < 4.78 is 0. The normalized spacial score (nSPS) is 7.73. The lowest BCUT2D eigenvalue weighted by Crippen LogP contribution is -1.84. The maximum atomic E-state index is 9.00. The Morgan fingerprint density at radius 1 is 1.53 bits per heavy atom. The Morgan fingerprint density at radius 2 is 2.07 bits per heavy atom. The highest BCUT2D eigenvalue weighted by Crippen LogP contribution is 2.11. The van der Waals surface area contributed by atoms with Gasteiger partial charge >= 0.3 is 0 Å². The lowest BCUT2D eigenvalue weighted by Gasteiger charge is -1.91. The molecule has 1 aromatic rings. The number of nitrogens with zero attached hydrogens (tertiary/aromatic N) is 3. The number of aromatic nitrogens is 1. The summed E-state index contributed by atoms with van der Waals surface area (Å²) in [6.07, 6.45) is 1.32. The summed E-state index contributed by atoms with van der Waals surface area (Å²) in [6, 6.07) is 5.08. The minimum absolute atomic E-state index is 0.131. The largest absolute Gasteiger partial charge is 0.481 e. The van der Waals surface area contributed by atoms with Crippen molar-refractivity contribution in [2.45, 2.75) is 6.92 Å². The molecule has 0 radical (unpaired) electrons. The van der Waals surface area contributed by atoms with Gasteiger partial charge in [-0.2, -0.15) is 10.5 Å². The second-order valence-electron chi connectivity index (χ2n) is 2.30. The molecule has 1 rings (SSSR count). The maximum Gasteiger partial charge on any atom is 0.300 e. The number of carboxylic acids is 1. The van der Waals surface area contributed by atoms with Gasteiger partial charge in [-0.1, -0.05) is 11.6 Å². The molecule has 0 aromatic carbocycles. The van der Waals surface area contributed by atoms with Crippen molar-refractivity contribution in [1.82, 2.24) is 4.98 Å². The van der Waals surface area contributed by atoms with Gasteiger partial charge in [0, 0.05) is 13.1 Å². The molecule has 0 atom stereocenters. The first kappa shape index (κ1) is 12.9. The van der Waals surface area contributed by atoms with Gasteiger partial charge in [-0.05, 0) is 6.07 Å². The maximum absolute atomic E-state index is 9.00. The Kier molecular flexibility index (Phi) is 5.47. The van der Waals surface area contributed by atoms with Crippen LogP contribution in [-0.4, -0.2) is 16.1 Å². The van der Waals surface area contributed by atoms with E-state index in [1.54, 1.807) is 0 Å². The zero-order chi connectivity index (χ0) is 11.8. The van der Waals surface area contributed by atoms with Crippen molar-refractivity contribution >= 4 is 17.6 Å². The molecule has 0 saturated carbocycles. The van der Waals surface area contributed by atoms with Crippen LogP contribution in [0, 0.1) is 22.7 Å². The molecule has 0 aliphatic heterocycles. The summed E-state index contributed by atoms with van der Waals surface area (Å²) in [6.45, 7) is 1.08. The lowest BCUT2D eigenvalue weighted by molar-refractivity contribution is -0.134. The van der Waals surface area contributed by atoms with Crippen LogP contribution in [0.15, 0.2) is 12.3 Å². The van der Waals surface area contributed by atoms with Gasteiger partial charge in [0.2, 0.25) is 0 Å². The molecular formula is C9H6ClN3O2. The predicted molar refractivity (Wildman–Crippen MR) is 52.0 cm³/mol. The highest BCUT2D eigenvalue weighted by atomic mass is 35.5. The van der Waals surface area contributed by atoms with Crippen molar-refractivity contribution < 1.29 is 9.90 Å². The SMILES string of the molecule is CC(=O)O.N#Cc1cnc(Cl)c(C#N)c1. The van der Waals surface area contributed by atoms with E-state index in [1.807, 2.05) is 12.1 Å². The first-order valence-corrected chi connectivity index (χ1v) is 4.04. The van der Waals surface area contributed by atoms with Crippen molar-refractivity contribution in [3.63, 3.8) is 0 Å². The zero-order valence-corrected chi connectivity index (χ0v) is 8.49. The number of pyridine rings is 1. The fourth-order valence-corrected chi connectivity index (χ4v) is 0.733. The van der Waals surface area contributed by atoms with Crippen molar-refractivity contribution in [2.75, 3.05) is 0 Å². The Labute approximate surface area is 91.2 Å². The molecule has 0 aliphatic rings. The minimum atomic E-state index is -0.833. The highest BCUT2D eigenvalue weighted by Gasteiger charge is 2.00. The summed E-state index contributed by atoms with van der Waals surface area (Å²) in [5.74, 6) is -0.833. The molecule has 1 heterocycles. The summed E-state index contributed by atoms with van der Waals surface area (Å²) in [5, 5.41) is 24.4. The van der Waals surface area contributed by atoms with Crippen LogP contribution in [0.2, 0.25) is 5.15 Å². The Hall–Kier alpha value is -2.11. The third-order valence-electron chi connectivity index (χ3n) is 1.09. The average molecular weight is 224 g/mol. The Bertz CT molecular complexity index is 442. The summed E-state index contributed by atoms with van der Waals surface area (Å²) in [5.41, 5.74) is 0.566. The standard InChI is InChI=1S/C7H2ClN3.C2H4O2/c8-7-6(3-10)1-5(2-9)4-11-7;1-2(3)4/h1,4H;1H3,(H,3,4). The van der Waals surface area contributed by atoms with E-state index >= 15 is 0 Å². The topological polar surface area (TPSA) is 97.8 Å². The van der Waals surface area contributed by atoms with E-state index in [0.717, 1.165) is 6.92 Å². The van der Waals surface area contributed by atoms with E-state index in [2.05, 4.69) is 4.98 Å². The Balaban J connectivity index is 0.000000423. The third-order valence-corrected chi connectivity index (χ3v) is 1.39. The molecule has 1 aromatic heterocycles. The van der Waals surface area contributed by atoms with Crippen molar-refractivity contribution in [3.8, 4) is 12.1 Å². The second kappa shape index (κ2) is 6.36. The van der Waals surface area contributed by atoms with Crippen LogP contribution in [0.4, 0.5) is 0 Å². The van der Waals surface area contributed by atoms with E-state index < -0.39 is 5.97 Å². The number of rotatable bonds is 0. The summed E-state index contributed by atoms with van der Waals surface area (Å²) >= 11 is 5.51. The molecule has 0 unspecified atom stereocenters. The molecule has 76 valence electrons. The molecule has 1 N–H and O–H groups in total. The molecular weight excluding hydrogens is 218 g/mol. The predicted octanol–water partition coefficient (Wildman–Crippen LogP) is 1.57. The van der Waals surface area contributed by atoms with Gasteiger partial charge < -0.3 is 5.11 Å². The number of hydrogen-bond acceptors (Lipinski definition) is 4. The highest BCUT2D eigenvalue weighted by molar-refractivity contribution is 6.30. The van der Waals surface area contributed by atoms with Crippen LogP contribution < -0.4 is 0 Å². The number of carboxylic acid groups (broad SMARTS) is 1. The Morgan fingerprint density at radius 3 is 2.47 bits per heavy atom. The smallest absolute Gasteiger partial charge is 0.300 e. The molecule has 0 bridgehead atoms. The number of aliphatic carboxylic acids is 1. The van der Waals surface area contributed by atoms with E-state index in [1.165, 1.54) is 12.3 Å². The van der Waals surface area contributed by atoms with Crippen LogP contribution in [0.3, 0.4) is 0 Å². The lowest BCUT2D eigenvalue weighted by atomic mass is 10.2. The zero-order valence-electron chi connectivity index (χ0n) is 7.73. The van der Waals surface area contributed by atoms with E-state index in [-0.39, 0.29) is 10.7 Å². The van der Waals surface area contributed by atoms with Gasteiger partial charge in [0.15, 0.2) is 0 Å². The number of hydrogen-bond donors (Lipinski definition) is 1. The van der Waals surface area contributed by atoms with Crippen LogP contribution >= 0.6 is 11.6 Å². The number of carbonyl (C=O) groups is 1. The molecule has 0 amide bonds. The number of nitriles is 2. The summed E-state index contributed by atoms with van der Waals surface area (Å²) in [7, 11) is 0. The van der Waals surface area contributed by atoms with E-state index in [9.17, 15) is 0 Å². The molecule has 6 heteroatoms. The molecule has 0 saturated heterocycles. The summed E-state index contributed by atoms with van der Waals surface area (Å²) in [4.78, 5) is 12.6. The number of halogens is 1. The molecule has 0 spiro atoms. The van der Waals surface area contributed by atoms with Gasteiger partial charge in [-0.3, -0.25) is 4.79 Å². The van der Waals surface area contributed by atoms with Crippen molar-refractivity contribution in [3.05, 3.63) is 28.5 Å². The first-order valence-electron chi connectivity index (χ1n) is 3.66. The van der Waals surface area contributed by atoms with Crippen molar-refractivity contribution in [1.29, 1.82) is 10.5 Å². The van der Waals surface area contributed by atoms with Gasteiger partial charge in [-0.25, -0.2) is 4.98 Å². The average Bonchev–Trinajstić information content (AvgIpc) is 2.18. The second-order valence-corrected chi connectivity index (χ2v) is 2.66. The molecule has 15 heavy (non-hydrogen) atoms. The van der Waals surface area contributed by atoms with Crippen LogP contribution in [0.25, 0.3) is 0 Å². The molecule has 0 aliphatic carbocycles. The molecule has 0 fully saturated rings. The fraction of sp³-hybridized carbons (Fsp3) is 0.111. The molecule has 5 nitrogen and oxygen atoms in total. The third kappa shape index (κ3) is 5.25. The van der Waals surface area contributed by atoms with Crippen LogP contribution in [-0.2, 0) is 4.79 Å². The first-order chi connectivity index (χ1) is 7.01.